The monoisotopic (exact) mass is 495 g/mol. The van der Waals surface area contributed by atoms with Gasteiger partial charge in [-0.1, -0.05) is 13.3 Å². The van der Waals surface area contributed by atoms with Gasteiger partial charge in [0, 0.05) is 16.7 Å². The number of aliphatic hydroxyl groups is 2. The molecule has 0 bridgehead atoms. The Morgan fingerprint density at radius 3 is 2.54 bits per heavy atom. The molecule has 0 spiro atoms. The Morgan fingerprint density at radius 2 is 1.91 bits per heavy atom. The van der Waals surface area contributed by atoms with Crippen LogP contribution in [0, 0.1) is 5.82 Å². The number of rotatable bonds is 8. The van der Waals surface area contributed by atoms with Crippen LogP contribution in [0.5, 0.6) is 0 Å². The number of benzene rings is 2. The van der Waals surface area contributed by atoms with E-state index in [9.17, 15) is 37.4 Å². The Labute approximate surface area is 198 Å². The number of carbonyl (C=O) groups excluding carboxylic acids is 2. The van der Waals surface area contributed by atoms with Crippen LogP contribution in [0.4, 0.5) is 23.2 Å². The van der Waals surface area contributed by atoms with Crippen molar-refractivity contribution in [2.24, 2.45) is 0 Å². The number of halogens is 4. The van der Waals surface area contributed by atoms with Gasteiger partial charge < -0.3 is 20.3 Å². The van der Waals surface area contributed by atoms with E-state index < -0.39 is 53.0 Å². The molecule has 188 valence electrons. The highest BCUT2D eigenvalue weighted by atomic mass is 19.4. The lowest BCUT2D eigenvalue weighted by atomic mass is 9.78. The summed E-state index contributed by atoms with van der Waals surface area (Å²) in [6.07, 6.45) is -5.74. The summed E-state index contributed by atoms with van der Waals surface area (Å²) in [5.41, 5.74) is -3.78. The van der Waals surface area contributed by atoms with Gasteiger partial charge in [-0.25, -0.2) is 9.18 Å². The van der Waals surface area contributed by atoms with Crippen molar-refractivity contribution in [3.05, 3.63) is 64.5 Å². The molecule has 0 saturated heterocycles. The van der Waals surface area contributed by atoms with E-state index >= 15 is 0 Å². The van der Waals surface area contributed by atoms with E-state index in [0.29, 0.717) is 29.7 Å². The quantitative estimate of drug-likeness (QED) is 0.371. The second-order valence-electron chi connectivity index (χ2n) is 9.28. The van der Waals surface area contributed by atoms with E-state index in [-0.39, 0.29) is 37.1 Å². The zero-order valence-electron chi connectivity index (χ0n) is 18.9. The first-order valence-electron chi connectivity index (χ1n) is 11.3. The van der Waals surface area contributed by atoms with Crippen LogP contribution in [0.25, 0.3) is 0 Å². The second kappa shape index (κ2) is 8.91. The van der Waals surface area contributed by atoms with Crippen molar-refractivity contribution in [1.29, 1.82) is 0 Å². The van der Waals surface area contributed by atoms with Gasteiger partial charge in [-0.2, -0.15) is 13.2 Å². The molecule has 1 fully saturated rings. The number of fused-ring (bicyclic) bond motifs is 1. The molecule has 1 heterocycles. The van der Waals surface area contributed by atoms with E-state index in [4.69, 9.17) is 4.74 Å². The molecule has 2 unspecified atom stereocenters. The van der Waals surface area contributed by atoms with Gasteiger partial charge in [0.1, 0.15) is 12.4 Å². The minimum absolute atomic E-state index is 0.0263. The molecule has 3 N–H and O–H groups in total. The smallest absolute Gasteiger partial charge is 0.416 e. The van der Waals surface area contributed by atoms with Gasteiger partial charge in [-0.05, 0) is 67.6 Å². The normalized spacial score (nSPS) is 18.9. The van der Waals surface area contributed by atoms with Gasteiger partial charge in [0.2, 0.25) is 0 Å². The van der Waals surface area contributed by atoms with E-state index in [1.807, 2.05) is 0 Å². The summed E-state index contributed by atoms with van der Waals surface area (Å²) < 4.78 is 59.4. The highest BCUT2D eigenvalue weighted by Crippen LogP contribution is 2.55. The fourth-order valence-corrected chi connectivity index (χ4v) is 4.63. The molecule has 2 aromatic rings. The average Bonchev–Trinajstić information content (AvgIpc) is 3.47. The lowest BCUT2D eigenvalue weighted by Gasteiger charge is -2.35. The molecule has 1 aliphatic heterocycles. The molecule has 0 radical (unpaired) electrons. The van der Waals surface area contributed by atoms with E-state index in [0.717, 1.165) is 6.07 Å². The van der Waals surface area contributed by atoms with E-state index in [1.54, 1.807) is 6.92 Å². The van der Waals surface area contributed by atoms with Gasteiger partial charge in [0.15, 0.2) is 5.60 Å². The Kier molecular flexibility index (Phi) is 6.39. The number of hydrogen-bond acceptors (Lipinski definition) is 5. The topological polar surface area (TPSA) is 95.9 Å². The number of nitrogens with one attached hydrogen (secondary N) is 1. The SMILES string of the molecule is CCCC(O)C(O)(CC1(c2cc(C(F)(F)F)ccc2F)CC1)C(=O)Nc1ccc2c(c1)COC2=O. The number of aliphatic hydroxyl groups excluding tert-OH is 1. The molecular formula is C25H25F4NO5. The summed E-state index contributed by atoms with van der Waals surface area (Å²) in [5.74, 6) is -2.33. The van der Waals surface area contributed by atoms with Crippen LogP contribution in [0.3, 0.4) is 0 Å². The lowest BCUT2D eigenvalue weighted by Crippen LogP contribution is -2.54. The third kappa shape index (κ3) is 4.77. The molecule has 2 atom stereocenters. The number of esters is 1. The van der Waals surface area contributed by atoms with Crippen LogP contribution in [-0.2, 0) is 27.7 Å². The largest absolute Gasteiger partial charge is 0.457 e. The number of hydrogen-bond donors (Lipinski definition) is 3. The number of anilines is 1. The highest BCUT2D eigenvalue weighted by molar-refractivity contribution is 5.99. The molecule has 35 heavy (non-hydrogen) atoms. The standard InChI is InChI=1S/C25H25F4NO5/c1-2-3-20(31)24(34,22(33)30-16-5-6-17-14(10-16)12-35-21(17)32)13-23(8-9-23)18-11-15(25(27,28)29)4-7-19(18)26/h4-7,10-11,20,31,34H,2-3,8-9,12-13H2,1H3,(H,30,33). The molecule has 1 amide bonds. The average molecular weight is 495 g/mol. The fourth-order valence-electron chi connectivity index (χ4n) is 4.63. The van der Waals surface area contributed by atoms with Crippen molar-refractivity contribution in [2.45, 2.75) is 68.9 Å². The van der Waals surface area contributed by atoms with Crippen molar-refractivity contribution in [2.75, 3.05) is 5.32 Å². The summed E-state index contributed by atoms with van der Waals surface area (Å²) in [6.45, 7) is 1.76. The number of ether oxygens (including phenoxy) is 1. The summed E-state index contributed by atoms with van der Waals surface area (Å²) in [6, 6.07) is 6.49. The van der Waals surface area contributed by atoms with Crippen molar-refractivity contribution >= 4 is 17.6 Å². The Bertz CT molecular complexity index is 1160. The summed E-state index contributed by atoms with van der Waals surface area (Å²) in [4.78, 5) is 24.9. The van der Waals surface area contributed by atoms with Crippen molar-refractivity contribution in [3.8, 4) is 0 Å². The zero-order valence-corrected chi connectivity index (χ0v) is 18.9. The Hall–Kier alpha value is -2.98. The first-order valence-corrected chi connectivity index (χ1v) is 11.3. The summed E-state index contributed by atoms with van der Waals surface area (Å²) >= 11 is 0. The molecule has 6 nitrogen and oxygen atoms in total. The van der Waals surface area contributed by atoms with E-state index in [2.05, 4.69) is 5.32 Å². The summed E-state index contributed by atoms with van der Waals surface area (Å²) in [7, 11) is 0. The fraction of sp³-hybridized carbons (Fsp3) is 0.440. The molecule has 10 heteroatoms. The number of alkyl halides is 3. The first-order chi connectivity index (χ1) is 16.4. The minimum atomic E-state index is -4.69. The highest BCUT2D eigenvalue weighted by Gasteiger charge is 2.56. The van der Waals surface area contributed by atoms with Crippen LogP contribution in [0.15, 0.2) is 36.4 Å². The molecule has 1 aliphatic carbocycles. The molecule has 4 rings (SSSR count). The molecule has 2 aliphatic rings. The van der Waals surface area contributed by atoms with Crippen LogP contribution < -0.4 is 5.32 Å². The van der Waals surface area contributed by atoms with Gasteiger partial charge >= 0.3 is 12.1 Å². The number of carbonyl (C=O) groups is 2. The van der Waals surface area contributed by atoms with Crippen molar-refractivity contribution in [1.82, 2.24) is 0 Å². The van der Waals surface area contributed by atoms with Crippen LogP contribution in [0.1, 0.15) is 66.1 Å². The molecule has 0 aromatic heterocycles. The van der Waals surface area contributed by atoms with Gasteiger partial charge in [-0.3, -0.25) is 4.79 Å². The van der Waals surface area contributed by atoms with Gasteiger partial charge in [-0.15, -0.1) is 0 Å². The van der Waals surface area contributed by atoms with Crippen LogP contribution >= 0.6 is 0 Å². The third-order valence-corrected chi connectivity index (χ3v) is 6.77. The maximum absolute atomic E-state index is 14.7. The Morgan fingerprint density at radius 1 is 1.20 bits per heavy atom. The molecule has 1 saturated carbocycles. The van der Waals surface area contributed by atoms with Crippen molar-refractivity contribution < 1.29 is 42.1 Å². The molecule has 2 aromatic carbocycles. The maximum Gasteiger partial charge on any atom is 0.416 e. The molecular weight excluding hydrogens is 470 g/mol. The minimum Gasteiger partial charge on any atom is -0.457 e. The van der Waals surface area contributed by atoms with Crippen LogP contribution in [-0.4, -0.2) is 33.8 Å². The predicted octanol–water partition coefficient (Wildman–Crippen LogP) is 4.47. The Balaban J connectivity index is 1.64. The third-order valence-electron chi connectivity index (χ3n) is 6.77. The summed E-state index contributed by atoms with van der Waals surface area (Å²) in [5, 5.41) is 24.7. The maximum atomic E-state index is 14.7. The predicted molar refractivity (Wildman–Crippen MR) is 117 cm³/mol. The van der Waals surface area contributed by atoms with Crippen molar-refractivity contribution in [3.63, 3.8) is 0 Å². The van der Waals surface area contributed by atoms with Gasteiger partial charge in [0.05, 0.1) is 17.2 Å². The van der Waals surface area contributed by atoms with E-state index in [1.165, 1.54) is 18.2 Å². The zero-order chi connectivity index (χ0) is 25.6. The number of amides is 1. The second-order valence-corrected chi connectivity index (χ2v) is 9.28. The lowest BCUT2D eigenvalue weighted by molar-refractivity contribution is -0.150. The van der Waals surface area contributed by atoms with Gasteiger partial charge in [0.25, 0.3) is 5.91 Å². The number of cyclic esters (lactones) is 1. The first kappa shape index (κ1) is 25.1. The van der Waals surface area contributed by atoms with Crippen LogP contribution in [0.2, 0.25) is 0 Å².